The fourth-order valence-electron chi connectivity index (χ4n) is 4.13. The molecule has 0 aromatic heterocycles. The van der Waals surface area contributed by atoms with Crippen molar-refractivity contribution in [3.8, 4) is 0 Å². The number of nitrogens with zero attached hydrogens (tertiary/aromatic N) is 2. The summed E-state index contributed by atoms with van der Waals surface area (Å²) in [5.41, 5.74) is 2.26. The zero-order valence-electron chi connectivity index (χ0n) is 18.8. The van der Waals surface area contributed by atoms with E-state index in [-0.39, 0.29) is 22.9 Å². The minimum Gasteiger partial charge on any atom is -0.350 e. The largest absolute Gasteiger partial charge is 0.350 e. The average Bonchev–Trinajstić information content (AvgIpc) is 2.74. The van der Waals surface area contributed by atoms with Gasteiger partial charge in [0.15, 0.2) is 0 Å². The number of sulfonamides is 1. The zero-order chi connectivity index (χ0) is 22.6. The van der Waals surface area contributed by atoms with E-state index in [1.54, 1.807) is 16.4 Å². The Morgan fingerprint density at radius 1 is 1.16 bits per heavy atom. The van der Waals surface area contributed by atoms with Gasteiger partial charge in [0.05, 0.1) is 10.9 Å². The summed E-state index contributed by atoms with van der Waals surface area (Å²) in [5, 5.41) is 3.00. The molecular weight excluding hydrogens is 410 g/mol. The lowest BCUT2D eigenvalue weighted by molar-refractivity contribution is 0.0941. The molecule has 0 unspecified atom stereocenters. The molecule has 6 nitrogen and oxygen atoms in total. The van der Waals surface area contributed by atoms with E-state index in [2.05, 4.69) is 10.2 Å². The monoisotopic (exact) mass is 443 g/mol. The maximum atomic E-state index is 13.2. The van der Waals surface area contributed by atoms with Gasteiger partial charge in [-0.3, -0.25) is 4.79 Å². The molecule has 0 aliphatic carbocycles. The topological polar surface area (TPSA) is 69.7 Å². The first-order chi connectivity index (χ1) is 14.7. The molecule has 2 atom stereocenters. The van der Waals surface area contributed by atoms with Gasteiger partial charge in [-0.1, -0.05) is 42.8 Å². The first-order valence-corrected chi connectivity index (χ1v) is 12.3. The van der Waals surface area contributed by atoms with Gasteiger partial charge in [0.2, 0.25) is 10.0 Å². The van der Waals surface area contributed by atoms with E-state index < -0.39 is 10.0 Å². The van der Waals surface area contributed by atoms with Crippen LogP contribution in [-0.2, 0) is 10.0 Å². The van der Waals surface area contributed by atoms with Crippen LogP contribution < -0.4 is 5.32 Å². The Morgan fingerprint density at radius 2 is 1.87 bits per heavy atom. The number of nitrogens with one attached hydrogen (secondary N) is 1. The van der Waals surface area contributed by atoms with Crippen LogP contribution in [-0.4, -0.2) is 56.8 Å². The van der Waals surface area contributed by atoms with E-state index in [1.807, 2.05) is 58.3 Å². The number of carbonyl (C=O) groups excluding carboxylic acids is 1. The van der Waals surface area contributed by atoms with Crippen molar-refractivity contribution in [3.05, 3.63) is 65.2 Å². The highest BCUT2D eigenvalue weighted by Crippen LogP contribution is 2.26. The second-order valence-corrected chi connectivity index (χ2v) is 10.4. The third-order valence-electron chi connectivity index (χ3n) is 6.07. The van der Waals surface area contributed by atoms with E-state index in [4.69, 9.17) is 0 Å². The molecule has 2 aromatic carbocycles. The van der Waals surface area contributed by atoms with Gasteiger partial charge in [-0.05, 0) is 64.0 Å². The van der Waals surface area contributed by atoms with Gasteiger partial charge in [0, 0.05) is 24.7 Å². The molecule has 0 radical (unpaired) electrons. The van der Waals surface area contributed by atoms with Gasteiger partial charge in [-0.25, -0.2) is 8.42 Å². The summed E-state index contributed by atoms with van der Waals surface area (Å²) in [6.45, 7) is 4.73. The molecule has 1 N–H and O–H groups in total. The molecule has 2 aromatic rings. The lowest BCUT2D eigenvalue weighted by Crippen LogP contribution is -2.42. The van der Waals surface area contributed by atoms with Crippen molar-refractivity contribution in [2.24, 2.45) is 0 Å². The van der Waals surface area contributed by atoms with E-state index in [1.165, 1.54) is 6.07 Å². The molecule has 1 aliphatic rings. The van der Waals surface area contributed by atoms with Crippen LogP contribution in [0.5, 0.6) is 0 Å². The molecule has 1 aliphatic heterocycles. The van der Waals surface area contributed by atoms with Crippen LogP contribution >= 0.6 is 0 Å². The highest BCUT2D eigenvalue weighted by molar-refractivity contribution is 7.89. The van der Waals surface area contributed by atoms with Crippen molar-refractivity contribution in [2.45, 2.75) is 50.1 Å². The number of rotatable bonds is 7. The molecule has 1 fully saturated rings. The van der Waals surface area contributed by atoms with Crippen LogP contribution in [0.25, 0.3) is 0 Å². The highest BCUT2D eigenvalue weighted by Gasteiger charge is 2.31. The van der Waals surface area contributed by atoms with Crippen LogP contribution in [0, 0.1) is 6.92 Å². The summed E-state index contributed by atoms with van der Waals surface area (Å²) < 4.78 is 28.0. The molecule has 7 heteroatoms. The SMILES string of the molecule is Cc1ccc(S(=O)(=O)N2CCCC[C@@H]2C)cc1C(=O)NC[C@H](c1ccccc1)N(C)C. The Bertz CT molecular complexity index is 1010. The van der Waals surface area contributed by atoms with Crippen LogP contribution in [0.2, 0.25) is 0 Å². The number of amides is 1. The smallest absolute Gasteiger partial charge is 0.251 e. The van der Waals surface area contributed by atoms with Crippen molar-refractivity contribution >= 4 is 15.9 Å². The Balaban J connectivity index is 1.80. The molecule has 1 saturated heterocycles. The minimum atomic E-state index is -3.63. The standard InChI is InChI=1S/C24H33N3O3S/c1-18-13-14-21(31(29,30)27-15-9-8-10-19(27)2)16-22(18)24(28)25-17-23(26(3)4)20-11-6-5-7-12-20/h5-7,11-14,16,19,23H,8-10,15,17H2,1-4H3,(H,25,28)/t19-,23+/m0/s1. The van der Waals surface area contributed by atoms with Crippen molar-refractivity contribution in [3.63, 3.8) is 0 Å². The summed E-state index contributed by atoms with van der Waals surface area (Å²) in [5.74, 6) is -0.260. The average molecular weight is 444 g/mol. The fourth-order valence-corrected chi connectivity index (χ4v) is 5.86. The second-order valence-electron chi connectivity index (χ2n) is 8.54. The minimum absolute atomic E-state index is 0.0200. The van der Waals surface area contributed by atoms with Gasteiger partial charge in [-0.2, -0.15) is 4.31 Å². The number of hydrogen-bond acceptors (Lipinski definition) is 4. The molecule has 1 heterocycles. The van der Waals surface area contributed by atoms with Crippen LogP contribution in [0.1, 0.15) is 53.7 Å². The molecule has 168 valence electrons. The molecule has 1 amide bonds. The number of carbonyl (C=O) groups is 1. The molecule has 0 spiro atoms. The Labute approximate surface area is 186 Å². The second kappa shape index (κ2) is 9.94. The summed E-state index contributed by atoms with van der Waals surface area (Å²) in [6, 6.07) is 14.8. The predicted octanol–water partition coefficient (Wildman–Crippen LogP) is 3.59. The van der Waals surface area contributed by atoms with E-state index >= 15 is 0 Å². The predicted molar refractivity (Wildman–Crippen MR) is 124 cm³/mol. The third-order valence-corrected chi connectivity index (χ3v) is 8.08. The number of aryl methyl sites for hydroxylation is 1. The highest BCUT2D eigenvalue weighted by atomic mass is 32.2. The first kappa shape index (κ1) is 23.4. The van der Waals surface area contributed by atoms with Gasteiger partial charge in [-0.15, -0.1) is 0 Å². The molecule has 31 heavy (non-hydrogen) atoms. The molecule has 0 saturated carbocycles. The van der Waals surface area contributed by atoms with Crippen LogP contribution in [0.3, 0.4) is 0 Å². The summed E-state index contributed by atoms with van der Waals surface area (Å²) >= 11 is 0. The van der Waals surface area contributed by atoms with Gasteiger partial charge < -0.3 is 10.2 Å². The number of benzene rings is 2. The fraction of sp³-hybridized carbons (Fsp3) is 0.458. The normalized spacial score (nSPS) is 18.7. The van der Waals surface area contributed by atoms with Crippen LogP contribution in [0.15, 0.2) is 53.4 Å². The van der Waals surface area contributed by atoms with Gasteiger partial charge in [0.25, 0.3) is 5.91 Å². The third kappa shape index (κ3) is 5.34. The summed E-state index contributed by atoms with van der Waals surface area (Å²) in [6.07, 6.45) is 2.78. The van der Waals surface area contributed by atoms with Crippen LogP contribution in [0.4, 0.5) is 0 Å². The number of piperidine rings is 1. The molecular formula is C24H33N3O3S. The Morgan fingerprint density at radius 3 is 2.52 bits per heavy atom. The number of hydrogen-bond donors (Lipinski definition) is 1. The van der Waals surface area contributed by atoms with E-state index in [0.29, 0.717) is 18.7 Å². The van der Waals surface area contributed by atoms with Gasteiger partial charge in [0.1, 0.15) is 0 Å². The lowest BCUT2D eigenvalue weighted by Gasteiger charge is -2.32. The first-order valence-electron chi connectivity index (χ1n) is 10.8. The number of likely N-dealkylation sites (N-methyl/N-ethyl adjacent to an activating group) is 1. The summed E-state index contributed by atoms with van der Waals surface area (Å²) in [4.78, 5) is 15.2. The van der Waals surface area contributed by atoms with Crippen molar-refractivity contribution in [1.82, 2.24) is 14.5 Å². The van der Waals surface area contributed by atoms with Crippen molar-refractivity contribution in [2.75, 3.05) is 27.2 Å². The maximum absolute atomic E-state index is 13.2. The van der Waals surface area contributed by atoms with E-state index in [9.17, 15) is 13.2 Å². The molecule has 0 bridgehead atoms. The van der Waals surface area contributed by atoms with E-state index in [0.717, 1.165) is 30.4 Å². The van der Waals surface area contributed by atoms with Crippen molar-refractivity contribution < 1.29 is 13.2 Å². The zero-order valence-corrected chi connectivity index (χ0v) is 19.7. The lowest BCUT2D eigenvalue weighted by atomic mass is 10.1. The maximum Gasteiger partial charge on any atom is 0.251 e. The van der Waals surface area contributed by atoms with Gasteiger partial charge >= 0.3 is 0 Å². The van der Waals surface area contributed by atoms with Crippen molar-refractivity contribution in [1.29, 1.82) is 0 Å². The Hall–Kier alpha value is -2.22. The Kier molecular flexibility index (Phi) is 7.51. The summed E-state index contributed by atoms with van der Waals surface area (Å²) in [7, 11) is 0.322. The molecule has 3 rings (SSSR count). The quantitative estimate of drug-likeness (QED) is 0.710.